The topological polar surface area (TPSA) is 49.4 Å². The second kappa shape index (κ2) is 10.0. The van der Waals surface area contributed by atoms with Crippen LogP contribution in [0.1, 0.15) is 55.5 Å². The molecule has 2 amide bonds. The van der Waals surface area contributed by atoms with E-state index in [0.29, 0.717) is 4.88 Å². The van der Waals surface area contributed by atoms with Crippen molar-refractivity contribution in [3.8, 4) is 0 Å². The molecule has 1 heterocycles. The van der Waals surface area contributed by atoms with Crippen LogP contribution in [0.25, 0.3) is 0 Å². The number of anilines is 1. The number of nitrogens with zero attached hydrogens (tertiary/aromatic N) is 1. The van der Waals surface area contributed by atoms with Crippen LogP contribution in [0, 0.1) is 0 Å². The predicted molar refractivity (Wildman–Crippen MR) is 116 cm³/mol. The lowest BCUT2D eigenvalue weighted by atomic mass is 9.95. The number of thiophene rings is 1. The van der Waals surface area contributed by atoms with Gasteiger partial charge in [0, 0.05) is 16.6 Å². The zero-order valence-corrected chi connectivity index (χ0v) is 18.6. The normalized spacial score (nSPS) is 17.1. The van der Waals surface area contributed by atoms with Crippen LogP contribution in [-0.4, -0.2) is 23.2 Å². The van der Waals surface area contributed by atoms with Crippen molar-refractivity contribution >= 4 is 40.4 Å². The van der Waals surface area contributed by atoms with E-state index in [4.69, 9.17) is 11.6 Å². The lowest BCUT2D eigenvalue weighted by Crippen LogP contribution is -2.48. The average molecular weight is 473 g/mol. The first-order chi connectivity index (χ1) is 14.7. The maximum Gasteiger partial charge on any atom is 0.416 e. The summed E-state index contributed by atoms with van der Waals surface area (Å²) in [5.41, 5.74) is -0.924. The number of rotatable bonds is 6. The number of benzene rings is 1. The van der Waals surface area contributed by atoms with E-state index in [9.17, 15) is 22.8 Å². The van der Waals surface area contributed by atoms with Crippen LogP contribution in [0.2, 0.25) is 0 Å². The van der Waals surface area contributed by atoms with Crippen LogP contribution in [0.4, 0.5) is 18.9 Å². The molecule has 1 saturated carbocycles. The predicted octanol–water partition coefficient (Wildman–Crippen LogP) is 5.92. The number of nitrogens with one attached hydrogen (secondary N) is 1. The van der Waals surface area contributed by atoms with Gasteiger partial charge >= 0.3 is 6.18 Å². The van der Waals surface area contributed by atoms with Crippen molar-refractivity contribution in [3.05, 3.63) is 52.2 Å². The number of amides is 2. The fourth-order valence-electron chi connectivity index (χ4n) is 3.77. The molecule has 1 fully saturated rings. The summed E-state index contributed by atoms with van der Waals surface area (Å²) in [7, 11) is 0. The van der Waals surface area contributed by atoms with Crippen molar-refractivity contribution in [2.75, 3.05) is 4.90 Å². The molecule has 0 radical (unpaired) electrons. The Hall–Kier alpha value is -2.06. The van der Waals surface area contributed by atoms with Gasteiger partial charge in [0.15, 0.2) is 0 Å². The molecule has 0 aliphatic heterocycles. The Bertz CT molecular complexity index is 896. The SMILES string of the molecule is CC(Cl)C(=O)N(c1cccc(C(F)(F)F)c1)C(C(=O)NC1CCCCC1)c1cccs1. The standard InChI is InChI=1S/C22H24ClF3N2O2S/c1-14(23)21(30)28(17-10-5-7-15(13-17)22(24,25)26)19(18-11-6-12-31-18)20(29)27-16-8-3-2-4-9-16/h5-7,10-14,16,19H,2-4,8-9H2,1H3,(H,27,29). The summed E-state index contributed by atoms with van der Waals surface area (Å²) in [5, 5.41) is 3.74. The van der Waals surface area contributed by atoms with E-state index in [1.165, 1.54) is 30.4 Å². The van der Waals surface area contributed by atoms with Crippen molar-refractivity contribution in [1.29, 1.82) is 0 Å². The van der Waals surface area contributed by atoms with E-state index in [-0.39, 0.29) is 11.7 Å². The van der Waals surface area contributed by atoms with Gasteiger partial charge in [0.2, 0.25) is 11.8 Å². The van der Waals surface area contributed by atoms with E-state index < -0.39 is 35.0 Å². The molecule has 2 unspecified atom stereocenters. The van der Waals surface area contributed by atoms with E-state index in [2.05, 4.69) is 5.32 Å². The Morgan fingerprint density at radius 1 is 1.16 bits per heavy atom. The highest BCUT2D eigenvalue weighted by Gasteiger charge is 2.38. The van der Waals surface area contributed by atoms with Gasteiger partial charge in [0.1, 0.15) is 11.4 Å². The molecule has 9 heteroatoms. The van der Waals surface area contributed by atoms with Gasteiger partial charge in [0.25, 0.3) is 0 Å². The highest BCUT2D eigenvalue weighted by Crippen LogP contribution is 2.36. The highest BCUT2D eigenvalue weighted by molar-refractivity contribution is 7.10. The molecule has 1 aliphatic carbocycles. The fourth-order valence-corrected chi connectivity index (χ4v) is 4.69. The molecule has 0 spiro atoms. The van der Waals surface area contributed by atoms with Crippen molar-refractivity contribution < 1.29 is 22.8 Å². The van der Waals surface area contributed by atoms with Gasteiger partial charge in [0.05, 0.1) is 5.56 Å². The third-order valence-corrected chi connectivity index (χ3v) is 6.41. The smallest absolute Gasteiger partial charge is 0.351 e. The molecule has 1 N–H and O–H groups in total. The quantitative estimate of drug-likeness (QED) is 0.531. The first-order valence-corrected chi connectivity index (χ1v) is 11.5. The number of alkyl halides is 4. The Morgan fingerprint density at radius 2 is 1.87 bits per heavy atom. The van der Waals surface area contributed by atoms with Gasteiger partial charge < -0.3 is 5.32 Å². The summed E-state index contributed by atoms with van der Waals surface area (Å²) in [6.07, 6.45) is 0.214. The third-order valence-electron chi connectivity index (χ3n) is 5.30. The second-order valence-corrected chi connectivity index (χ2v) is 9.27. The summed E-state index contributed by atoms with van der Waals surface area (Å²) in [6, 6.07) is 6.73. The summed E-state index contributed by atoms with van der Waals surface area (Å²) in [4.78, 5) is 28.1. The molecule has 31 heavy (non-hydrogen) atoms. The van der Waals surface area contributed by atoms with Crippen molar-refractivity contribution in [2.24, 2.45) is 0 Å². The largest absolute Gasteiger partial charge is 0.416 e. The Labute approximate surface area is 188 Å². The average Bonchev–Trinajstić information content (AvgIpc) is 3.25. The minimum atomic E-state index is -4.58. The van der Waals surface area contributed by atoms with Gasteiger partial charge in [-0.15, -0.1) is 22.9 Å². The second-order valence-electron chi connectivity index (χ2n) is 7.63. The lowest BCUT2D eigenvalue weighted by molar-refractivity contribution is -0.137. The highest BCUT2D eigenvalue weighted by atomic mass is 35.5. The Balaban J connectivity index is 2.04. The fraction of sp³-hybridized carbons (Fsp3) is 0.455. The van der Waals surface area contributed by atoms with E-state index >= 15 is 0 Å². The molecule has 168 valence electrons. The zero-order chi connectivity index (χ0) is 22.6. The number of carbonyl (C=O) groups excluding carboxylic acids is 2. The zero-order valence-electron chi connectivity index (χ0n) is 17.0. The molecule has 4 nitrogen and oxygen atoms in total. The molecule has 1 aromatic heterocycles. The van der Waals surface area contributed by atoms with Crippen molar-refractivity contribution in [1.82, 2.24) is 5.32 Å². The van der Waals surface area contributed by atoms with E-state index in [1.54, 1.807) is 17.5 Å². The molecule has 3 rings (SSSR count). The molecule has 0 saturated heterocycles. The van der Waals surface area contributed by atoms with Crippen LogP contribution in [0.5, 0.6) is 0 Å². The van der Waals surface area contributed by atoms with E-state index in [0.717, 1.165) is 49.1 Å². The lowest BCUT2D eigenvalue weighted by Gasteiger charge is -2.33. The summed E-state index contributed by atoms with van der Waals surface area (Å²) >= 11 is 7.33. The first-order valence-electron chi connectivity index (χ1n) is 10.2. The summed E-state index contributed by atoms with van der Waals surface area (Å²) in [5.74, 6) is -1.06. The van der Waals surface area contributed by atoms with Gasteiger partial charge in [-0.1, -0.05) is 31.4 Å². The van der Waals surface area contributed by atoms with Crippen LogP contribution in [-0.2, 0) is 15.8 Å². The number of carbonyl (C=O) groups is 2. The number of halogens is 4. The maximum absolute atomic E-state index is 13.4. The Morgan fingerprint density at radius 3 is 2.45 bits per heavy atom. The van der Waals surface area contributed by atoms with E-state index in [1.807, 2.05) is 0 Å². The molecule has 2 atom stereocenters. The molecular formula is C22H24ClF3N2O2S. The number of hydrogen-bond donors (Lipinski definition) is 1. The van der Waals surface area contributed by atoms with Gasteiger partial charge in [-0.2, -0.15) is 13.2 Å². The van der Waals surface area contributed by atoms with Gasteiger partial charge in [-0.25, -0.2) is 0 Å². The molecular weight excluding hydrogens is 449 g/mol. The first kappa shape index (κ1) is 23.6. The minimum absolute atomic E-state index is 0.0180. The van der Waals surface area contributed by atoms with Crippen LogP contribution in [0.15, 0.2) is 41.8 Å². The summed E-state index contributed by atoms with van der Waals surface area (Å²) in [6.45, 7) is 1.44. The molecule has 0 bridgehead atoms. The van der Waals surface area contributed by atoms with Crippen LogP contribution in [0.3, 0.4) is 0 Å². The minimum Gasteiger partial charge on any atom is -0.351 e. The van der Waals surface area contributed by atoms with Gasteiger partial charge in [-0.05, 0) is 49.4 Å². The maximum atomic E-state index is 13.4. The van der Waals surface area contributed by atoms with Crippen LogP contribution < -0.4 is 10.2 Å². The molecule has 1 aliphatic rings. The molecule has 1 aromatic carbocycles. The third kappa shape index (κ3) is 5.80. The Kier molecular flexibility index (Phi) is 7.64. The number of hydrogen-bond acceptors (Lipinski definition) is 3. The summed E-state index contributed by atoms with van der Waals surface area (Å²) < 4.78 is 40.0. The monoisotopic (exact) mass is 472 g/mol. The van der Waals surface area contributed by atoms with Gasteiger partial charge in [-0.3, -0.25) is 14.5 Å². The molecule has 2 aromatic rings. The van der Waals surface area contributed by atoms with Crippen LogP contribution >= 0.6 is 22.9 Å². The van der Waals surface area contributed by atoms with Crippen molar-refractivity contribution in [2.45, 2.75) is 62.7 Å². The van der Waals surface area contributed by atoms with Crippen molar-refractivity contribution in [3.63, 3.8) is 0 Å².